The number of hydrogen-bond donors (Lipinski definition) is 0. The quantitative estimate of drug-likeness (QED) is 0.504. The third-order valence-corrected chi connectivity index (χ3v) is 3.83. The Morgan fingerprint density at radius 3 is 2.67 bits per heavy atom. The molecule has 0 aromatic carbocycles. The predicted molar refractivity (Wildman–Crippen MR) is 79.4 cm³/mol. The fourth-order valence-corrected chi connectivity index (χ4v) is 2.90. The molecule has 102 valence electrons. The Morgan fingerprint density at radius 1 is 1.50 bits per heavy atom. The van der Waals surface area contributed by atoms with Crippen LogP contribution in [0.1, 0.15) is 46.5 Å². The van der Waals surface area contributed by atoms with Gasteiger partial charge in [-0.1, -0.05) is 59.5 Å². The second-order valence-electron chi connectivity index (χ2n) is 5.36. The number of carbonyl (C=O) groups is 1. The van der Waals surface area contributed by atoms with Crippen molar-refractivity contribution in [1.29, 1.82) is 0 Å². The van der Waals surface area contributed by atoms with Crippen molar-refractivity contribution in [3.05, 3.63) is 23.3 Å². The molecule has 0 spiro atoms. The molecule has 0 N–H and O–H groups in total. The molecule has 1 atom stereocenters. The van der Waals surface area contributed by atoms with Gasteiger partial charge in [0.05, 0.1) is 0 Å². The van der Waals surface area contributed by atoms with Crippen LogP contribution in [0.2, 0.25) is 0 Å². The van der Waals surface area contributed by atoms with Gasteiger partial charge in [0.25, 0.3) is 0 Å². The Hall–Kier alpha value is 0.0200. The maximum Gasteiger partial charge on any atom is 0.194 e. The second kappa shape index (κ2) is 5.98. The van der Waals surface area contributed by atoms with Crippen molar-refractivity contribution in [2.75, 3.05) is 0 Å². The summed E-state index contributed by atoms with van der Waals surface area (Å²) in [6.07, 6.45) is 7.01. The maximum absolute atomic E-state index is 12.2. The van der Waals surface area contributed by atoms with Crippen LogP contribution in [-0.2, 0) is 4.79 Å². The maximum atomic E-state index is 12.2. The van der Waals surface area contributed by atoms with E-state index in [0.29, 0.717) is 12.8 Å². The molecular formula is C14H19Cl3O. The van der Waals surface area contributed by atoms with Crippen LogP contribution in [0.4, 0.5) is 0 Å². The lowest BCUT2D eigenvalue weighted by Gasteiger charge is -2.30. The summed E-state index contributed by atoms with van der Waals surface area (Å²) in [4.78, 5) is 12.2. The van der Waals surface area contributed by atoms with E-state index in [1.807, 2.05) is 32.9 Å². The van der Waals surface area contributed by atoms with Gasteiger partial charge in [0.1, 0.15) is 0 Å². The molecule has 1 aliphatic carbocycles. The van der Waals surface area contributed by atoms with Gasteiger partial charge in [-0.2, -0.15) is 0 Å². The fourth-order valence-electron chi connectivity index (χ4n) is 2.27. The van der Waals surface area contributed by atoms with Crippen LogP contribution in [0.15, 0.2) is 23.3 Å². The normalized spacial score (nSPS) is 26.2. The zero-order valence-electron chi connectivity index (χ0n) is 11.0. The summed E-state index contributed by atoms with van der Waals surface area (Å²) >= 11 is 17.3. The molecule has 0 aromatic rings. The van der Waals surface area contributed by atoms with E-state index in [1.54, 1.807) is 0 Å². The summed E-state index contributed by atoms with van der Waals surface area (Å²) in [5.74, 6) is 0.242. The van der Waals surface area contributed by atoms with E-state index in [9.17, 15) is 4.79 Å². The van der Waals surface area contributed by atoms with Crippen molar-refractivity contribution in [2.45, 2.75) is 50.2 Å². The highest BCUT2D eigenvalue weighted by molar-refractivity contribution is 6.67. The minimum absolute atomic E-state index is 0.242. The molecule has 0 amide bonds. The highest BCUT2D eigenvalue weighted by Gasteiger charge is 2.34. The Bertz CT molecular complexity index is 390. The van der Waals surface area contributed by atoms with Crippen LogP contribution in [0.3, 0.4) is 0 Å². The predicted octanol–water partition coefficient (Wildman–Crippen LogP) is 5.40. The van der Waals surface area contributed by atoms with Crippen molar-refractivity contribution >= 4 is 40.6 Å². The van der Waals surface area contributed by atoms with E-state index < -0.39 is 3.79 Å². The highest BCUT2D eigenvalue weighted by atomic mass is 35.6. The van der Waals surface area contributed by atoms with Gasteiger partial charge in [-0.25, -0.2) is 0 Å². The van der Waals surface area contributed by atoms with Crippen molar-refractivity contribution in [3.63, 3.8) is 0 Å². The first-order chi connectivity index (χ1) is 8.14. The molecule has 0 aliphatic heterocycles. The Balaban J connectivity index is 2.70. The van der Waals surface area contributed by atoms with E-state index in [-0.39, 0.29) is 11.2 Å². The zero-order chi connectivity index (χ0) is 14.0. The van der Waals surface area contributed by atoms with Gasteiger partial charge in [0.2, 0.25) is 0 Å². The Morgan fingerprint density at radius 2 is 2.11 bits per heavy atom. The van der Waals surface area contributed by atoms with Gasteiger partial charge in [0, 0.05) is 11.8 Å². The van der Waals surface area contributed by atoms with Gasteiger partial charge < -0.3 is 0 Å². The lowest BCUT2D eigenvalue weighted by Crippen LogP contribution is -2.30. The van der Waals surface area contributed by atoms with Gasteiger partial charge in [-0.05, 0) is 38.7 Å². The average molecular weight is 310 g/mol. The van der Waals surface area contributed by atoms with E-state index >= 15 is 0 Å². The van der Waals surface area contributed by atoms with Crippen molar-refractivity contribution < 1.29 is 4.79 Å². The zero-order valence-corrected chi connectivity index (χ0v) is 13.3. The van der Waals surface area contributed by atoms with Crippen LogP contribution in [0.5, 0.6) is 0 Å². The molecule has 18 heavy (non-hydrogen) atoms. The van der Waals surface area contributed by atoms with Gasteiger partial charge in [0.15, 0.2) is 9.58 Å². The molecule has 1 aliphatic rings. The monoisotopic (exact) mass is 308 g/mol. The number of carbonyl (C=O) groups excluding carboxylic acids is 1. The first-order valence-electron chi connectivity index (χ1n) is 6.08. The molecule has 0 radical (unpaired) electrons. The fraction of sp³-hybridized carbons (Fsp3) is 0.643. The average Bonchev–Trinajstić information content (AvgIpc) is 2.21. The number of alkyl halides is 3. The number of halogens is 3. The highest BCUT2D eigenvalue weighted by Crippen LogP contribution is 2.38. The van der Waals surface area contributed by atoms with Crippen LogP contribution >= 0.6 is 34.8 Å². The Kier molecular flexibility index (Phi) is 5.34. The largest absolute Gasteiger partial charge is 0.294 e. The number of rotatable bonds is 3. The minimum atomic E-state index is -1.26. The van der Waals surface area contributed by atoms with E-state index in [4.69, 9.17) is 34.8 Å². The number of hydrogen-bond acceptors (Lipinski definition) is 1. The third kappa shape index (κ3) is 4.60. The molecule has 1 unspecified atom stereocenters. The van der Waals surface area contributed by atoms with Crippen molar-refractivity contribution in [1.82, 2.24) is 0 Å². The Labute approximate surface area is 124 Å². The van der Waals surface area contributed by atoms with E-state index in [0.717, 1.165) is 24.0 Å². The summed E-state index contributed by atoms with van der Waals surface area (Å²) in [7, 11) is 0. The molecule has 0 aromatic heterocycles. The summed E-state index contributed by atoms with van der Waals surface area (Å²) < 4.78 is -1.26. The molecule has 0 fully saturated rings. The van der Waals surface area contributed by atoms with Crippen LogP contribution in [0, 0.1) is 5.41 Å². The van der Waals surface area contributed by atoms with Crippen LogP contribution in [-0.4, -0.2) is 9.58 Å². The third-order valence-electron chi connectivity index (χ3n) is 3.43. The van der Waals surface area contributed by atoms with Crippen LogP contribution in [0.25, 0.3) is 0 Å². The summed E-state index contributed by atoms with van der Waals surface area (Å²) in [5, 5.41) is 0. The summed E-state index contributed by atoms with van der Waals surface area (Å²) in [5.41, 5.74) is 1.58. The minimum Gasteiger partial charge on any atom is -0.294 e. The lowest BCUT2D eigenvalue weighted by molar-refractivity contribution is -0.124. The number of ketones is 1. The standard InChI is InChI=1S/C14H19Cl3O/c1-10(9-14(15,16)17)6-8-13(3)7-4-5-11(2)12(13)18/h5-6H,4,7-9H2,1-3H3/b10-6+. The van der Waals surface area contributed by atoms with Crippen molar-refractivity contribution in [3.8, 4) is 0 Å². The van der Waals surface area contributed by atoms with E-state index in [2.05, 4.69) is 0 Å². The molecule has 0 heterocycles. The molecule has 0 saturated heterocycles. The second-order valence-corrected chi connectivity index (χ2v) is 7.88. The topological polar surface area (TPSA) is 17.1 Å². The van der Waals surface area contributed by atoms with E-state index in [1.165, 1.54) is 0 Å². The number of allylic oxidation sites excluding steroid dienone is 4. The molecule has 0 bridgehead atoms. The molecule has 0 saturated carbocycles. The van der Waals surface area contributed by atoms with Crippen LogP contribution < -0.4 is 0 Å². The molecule has 1 nitrogen and oxygen atoms in total. The van der Waals surface area contributed by atoms with Gasteiger partial charge in [-0.15, -0.1) is 0 Å². The molecule has 1 rings (SSSR count). The van der Waals surface area contributed by atoms with Gasteiger partial charge in [-0.3, -0.25) is 4.79 Å². The first kappa shape index (κ1) is 16.1. The lowest BCUT2D eigenvalue weighted by atomic mass is 9.72. The summed E-state index contributed by atoms with van der Waals surface area (Å²) in [6, 6.07) is 0. The van der Waals surface area contributed by atoms with Crippen molar-refractivity contribution in [2.24, 2.45) is 5.41 Å². The summed E-state index contributed by atoms with van der Waals surface area (Å²) in [6.45, 7) is 5.84. The first-order valence-corrected chi connectivity index (χ1v) is 7.21. The SMILES string of the molecule is CC1=CCCC(C)(C/C=C(\C)CC(Cl)(Cl)Cl)C1=O. The van der Waals surface area contributed by atoms with Gasteiger partial charge >= 0.3 is 0 Å². The molecule has 4 heteroatoms. The smallest absolute Gasteiger partial charge is 0.194 e. The number of Topliss-reactive ketones (excluding diaryl/α,β-unsaturated/α-hetero) is 1. The molecular weight excluding hydrogens is 291 g/mol.